The number of aromatic nitrogens is 1. The number of morpholine rings is 1. The van der Waals surface area contributed by atoms with Crippen LogP contribution in [0.3, 0.4) is 0 Å². The number of likely N-dealkylation sites (N-methyl/N-ethyl adjacent to an activating group) is 1. The van der Waals surface area contributed by atoms with E-state index >= 15 is 0 Å². The van der Waals surface area contributed by atoms with Crippen LogP contribution in [0.5, 0.6) is 0 Å². The number of hydrogen-bond acceptors (Lipinski definition) is 5. The van der Waals surface area contributed by atoms with Gasteiger partial charge in [0.1, 0.15) is 0 Å². The van der Waals surface area contributed by atoms with Crippen LogP contribution in [0.4, 0.5) is 0 Å². The van der Waals surface area contributed by atoms with Gasteiger partial charge in [-0.1, -0.05) is 0 Å². The minimum atomic E-state index is 0.344. The fourth-order valence-electron chi connectivity index (χ4n) is 2.03. The third-order valence-corrected chi connectivity index (χ3v) is 4.08. The second-order valence-corrected chi connectivity index (χ2v) is 5.51. The molecule has 0 bridgehead atoms. The molecule has 5 heteroatoms. The van der Waals surface area contributed by atoms with E-state index in [0.29, 0.717) is 6.10 Å². The van der Waals surface area contributed by atoms with Crippen LogP contribution in [0.1, 0.15) is 10.6 Å². The minimum Gasteiger partial charge on any atom is -0.374 e. The van der Waals surface area contributed by atoms with E-state index in [9.17, 15) is 0 Å². The van der Waals surface area contributed by atoms with E-state index in [0.717, 1.165) is 39.2 Å². The van der Waals surface area contributed by atoms with Crippen LogP contribution in [-0.2, 0) is 11.2 Å². The molecule has 0 aromatic carbocycles. The molecule has 1 atom stereocenters. The standard InChI is InChI=1S/C12H21N3OS/c1-10-12(17-9-14-10)3-5-15(2)8-11-7-13-4-6-16-11/h9,11,13H,3-8H2,1-2H3. The second kappa shape index (κ2) is 6.44. The Morgan fingerprint density at radius 2 is 2.53 bits per heavy atom. The zero-order valence-electron chi connectivity index (χ0n) is 10.6. The average Bonchev–Trinajstić information content (AvgIpc) is 2.74. The van der Waals surface area contributed by atoms with Gasteiger partial charge in [-0.3, -0.25) is 0 Å². The predicted octanol–water partition coefficient (Wildman–Crippen LogP) is 0.914. The number of rotatable bonds is 5. The second-order valence-electron chi connectivity index (χ2n) is 4.57. The van der Waals surface area contributed by atoms with Crippen LogP contribution in [-0.4, -0.2) is 55.8 Å². The molecule has 1 saturated heterocycles. The molecule has 1 fully saturated rings. The van der Waals surface area contributed by atoms with Gasteiger partial charge in [0.25, 0.3) is 0 Å². The molecule has 1 aliphatic rings. The zero-order chi connectivity index (χ0) is 12.1. The number of nitrogens with one attached hydrogen (secondary N) is 1. The monoisotopic (exact) mass is 255 g/mol. The molecule has 1 aromatic heterocycles. The van der Waals surface area contributed by atoms with E-state index in [1.807, 2.05) is 5.51 Å². The molecule has 2 heterocycles. The van der Waals surface area contributed by atoms with Crippen LogP contribution in [0.25, 0.3) is 0 Å². The van der Waals surface area contributed by atoms with Crippen LogP contribution in [0.2, 0.25) is 0 Å². The lowest BCUT2D eigenvalue weighted by Gasteiger charge is -2.27. The van der Waals surface area contributed by atoms with Crippen molar-refractivity contribution < 1.29 is 4.74 Å². The molecule has 2 rings (SSSR count). The smallest absolute Gasteiger partial charge is 0.0826 e. The lowest BCUT2D eigenvalue weighted by molar-refractivity contribution is 0.0103. The first-order valence-electron chi connectivity index (χ1n) is 6.15. The first-order chi connectivity index (χ1) is 8.25. The lowest BCUT2D eigenvalue weighted by atomic mass is 10.2. The normalized spacial score (nSPS) is 21.0. The molecule has 1 aliphatic heterocycles. The van der Waals surface area contributed by atoms with Gasteiger partial charge < -0.3 is 15.0 Å². The van der Waals surface area contributed by atoms with Gasteiger partial charge in [-0.2, -0.15) is 0 Å². The quantitative estimate of drug-likeness (QED) is 0.849. The third kappa shape index (κ3) is 4.03. The van der Waals surface area contributed by atoms with Crippen molar-refractivity contribution in [2.24, 2.45) is 0 Å². The van der Waals surface area contributed by atoms with Crippen molar-refractivity contribution in [2.75, 3.05) is 39.8 Å². The highest BCUT2D eigenvalue weighted by atomic mass is 32.1. The molecule has 1 aromatic rings. The summed E-state index contributed by atoms with van der Waals surface area (Å²) in [5.41, 5.74) is 3.11. The first kappa shape index (κ1) is 13.0. The summed E-state index contributed by atoms with van der Waals surface area (Å²) in [6.07, 6.45) is 1.43. The first-order valence-corrected chi connectivity index (χ1v) is 7.03. The van der Waals surface area contributed by atoms with Gasteiger partial charge in [-0.05, 0) is 20.4 Å². The highest BCUT2D eigenvalue weighted by Gasteiger charge is 2.15. The Morgan fingerprint density at radius 1 is 1.65 bits per heavy atom. The summed E-state index contributed by atoms with van der Waals surface area (Å²) in [5.74, 6) is 0. The molecule has 0 amide bonds. The van der Waals surface area contributed by atoms with E-state index in [4.69, 9.17) is 4.74 Å². The molecule has 4 nitrogen and oxygen atoms in total. The fourth-order valence-corrected chi connectivity index (χ4v) is 2.80. The Labute approximate surface area is 107 Å². The molecular weight excluding hydrogens is 234 g/mol. The number of aryl methyl sites for hydroxylation is 1. The predicted molar refractivity (Wildman–Crippen MR) is 70.7 cm³/mol. The van der Waals surface area contributed by atoms with E-state index in [1.54, 1.807) is 11.3 Å². The molecule has 96 valence electrons. The molecule has 1 N–H and O–H groups in total. The van der Waals surface area contributed by atoms with Gasteiger partial charge in [-0.15, -0.1) is 11.3 Å². The Hall–Kier alpha value is -0.490. The summed E-state index contributed by atoms with van der Waals surface area (Å²) < 4.78 is 5.70. The Balaban J connectivity index is 1.70. The van der Waals surface area contributed by atoms with Gasteiger partial charge in [0.2, 0.25) is 0 Å². The van der Waals surface area contributed by atoms with Gasteiger partial charge in [0, 0.05) is 31.1 Å². The molecule has 0 saturated carbocycles. The van der Waals surface area contributed by atoms with E-state index in [-0.39, 0.29) is 0 Å². The van der Waals surface area contributed by atoms with E-state index in [2.05, 4.69) is 29.2 Å². The van der Waals surface area contributed by atoms with Gasteiger partial charge in [-0.25, -0.2) is 4.98 Å². The van der Waals surface area contributed by atoms with Crippen LogP contribution in [0.15, 0.2) is 5.51 Å². The number of thiazole rings is 1. The van der Waals surface area contributed by atoms with Crippen LogP contribution < -0.4 is 5.32 Å². The number of hydrogen-bond donors (Lipinski definition) is 1. The maximum absolute atomic E-state index is 5.70. The summed E-state index contributed by atoms with van der Waals surface area (Å²) in [6.45, 7) is 6.96. The van der Waals surface area contributed by atoms with Crippen LogP contribution >= 0.6 is 11.3 Å². The van der Waals surface area contributed by atoms with E-state index < -0.39 is 0 Å². The van der Waals surface area contributed by atoms with Crippen molar-refractivity contribution in [1.29, 1.82) is 0 Å². The maximum Gasteiger partial charge on any atom is 0.0826 e. The van der Waals surface area contributed by atoms with E-state index in [1.165, 1.54) is 10.6 Å². The molecular formula is C12H21N3OS. The Bertz CT molecular complexity index is 336. The summed E-state index contributed by atoms with van der Waals surface area (Å²) in [6, 6.07) is 0. The van der Waals surface area contributed by atoms with Gasteiger partial charge in [0.15, 0.2) is 0 Å². The zero-order valence-corrected chi connectivity index (χ0v) is 11.4. The van der Waals surface area contributed by atoms with Crippen molar-refractivity contribution in [3.8, 4) is 0 Å². The molecule has 17 heavy (non-hydrogen) atoms. The molecule has 0 aliphatic carbocycles. The molecule has 0 radical (unpaired) electrons. The van der Waals surface area contributed by atoms with Crippen molar-refractivity contribution in [3.05, 3.63) is 16.1 Å². The highest BCUT2D eigenvalue weighted by molar-refractivity contribution is 7.09. The molecule has 1 unspecified atom stereocenters. The maximum atomic E-state index is 5.70. The Kier molecular flexibility index (Phi) is 4.91. The minimum absolute atomic E-state index is 0.344. The number of nitrogens with zero attached hydrogens (tertiary/aromatic N) is 2. The Morgan fingerprint density at radius 3 is 3.18 bits per heavy atom. The van der Waals surface area contributed by atoms with Crippen LogP contribution in [0, 0.1) is 6.92 Å². The largest absolute Gasteiger partial charge is 0.374 e. The van der Waals surface area contributed by atoms with Gasteiger partial charge >= 0.3 is 0 Å². The fraction of sp³-hybridized carbons (Fsp3) is 0.750. The van der Waals surface area contributed by atoms with Crippen molar-refractivity contribution in [1.82, 2.24) is 15.2 Å². The van der Waals surface area contributed by atoms with Crippen molar-refractivity contribution in [2.45, 2.75) is 19.4 Å². The van der Waals surface area contributed by atoms with Crippen molar-refractivity contribution in [3.63, 3.8) is 0 Å². The average molecular weight is 255 g/mol. The summed E-state index contributed by atoms with van der Waals surface area (Å²) in [4.78, 5) is 8.02. The topological polar surface area (TPSA) is 37.4 Å². The SMILES string of the molecule is Cc1ncsc1CCN(C)CC1CNCCO1. The van der Waals surface area contributed by atoms with Gasteiger partial charge in [0.05, 0.1) is 23.9 Å². The number of ether oxygens (including phenoxy) is 1. The summed E-state index contributed by atoms with van der Waals surface area (Å²) in [5, 5.41) is 3.36. The highest BCUT2D eigenvalue weighted by Crippen LogP contribution is 2.13. The lowest BCUT2D eigenvalue weighted by Crippen LogP contribution is -2.44. The summed E-state index contributed by atoms with van der Waals surface area (Å²) >= 11 is 1.76. The summed E-state index contributed by atoms with van der Waals surface area (Å²) in [7, 11) is 2.16. The molecule has 0 spiro atoms. The van der Waals surface area contributed by atoms with Crippen molar-refractivity contribution >= 4 is 11.3 Å². The third-order valence-electron chi connectivity index (χ3n) is 3.09.